The van der Waals surface area contributed by atoms with Gasteiger partial charge in [-0.25, -0.2) is 0 Å². The molecule has 1 saturated carbocycles. The molecule has 2 fully saturated rings. The van der Waals surface area contributed by atoms with Crippen molar-refractivity contribution in [3.63, 3.8) is 0 Å². The van der Waals surface area contributed by atoms with Crippen LogP contribution in [0.4, 0.5) is 5.69 Å². The van der Waals surface area contributed by atoms with E-state index in [9.17, 15) is 0 Å². The Hall–Kier alpha value is -1.46. The SMILES string of the molecule is CCOC1CCC(C)(N2CCC(N3COc4ccc(OC)cc43)CC2)CC1. The molecule has 0 unspecified atom stereocenters. The van der Waals surface area contributed by atoms with E-state index in [0.29, 0.717) is 24.4 Å². The van der Waals surface area contributed by atoms with Gasteiger partial charge in [0.15, 0.2) is 6.73 Å². The minimum absolute atomic E-state index is 0.348. The van der Waals surface area contributed by atoms with Crippen LogP contribution in [0.3, 0.4) is 0 Å². The summed E-state index contributed by atoms with van der Waals surface area (Å²) in [5.41, 5.74) is 1.54. The van der Waals surface area contributed by atoms with Gasteiger partial charge in [0.2, 0.25) is 0 Å². The van der Waals surface area contributed by atoms with Crippen molar-refractivity contribution in [3.8, 4) is 11.5 Å². The molecule has 0 atom stereocenters. The normalized spacial score (nSPS) is 29.4. The fraction of sp³-hybridized carbons (Fsp3) is 0.727. The van der Waals surface area contributed by atoms with Crippen molar-refractivity contribution in [3.05, 3.63) is 18.2 Å². The molecule has 1 saturated heterocycles. The lowest BCUT2D eigenvalue weighted by Crippen LogP contribution is -2.55. The topological polar surface area (TPSA) is 34.2 Å². The summed E-state index contributed by atoms with van der Waals surface area (Å²) < 4.78 is 17.2. The maximum atomic E-state index is 5.90. The number of piperidine rings is 1. The van der Waals surface area contributed by atoms with Gasteiger partial charge in [-0.15, -0.1) is 0 Å². The molecule has 0 amide bonds. The Balaban J connectivity index is 1.35. The third kappa shape index (κ3) is 3.77. The number of methoxy groups -OCH3 is 1. The smallest absolute Gasteiger partial charge is 0.161 e. The number of benzene rings is 1. The van der Waals surface area contributed by atoms with Crippen molar-refractivity contribution in [2.24, 2.45) is 0 Å². The predicted octanol–water partition coefficient (Wildman–Crippen LogP) is 4.05. The monoisotopic (exact) mass is 374 g/mol. The Morgan fingerprint density at radius 2 is 1.89 bits per heavy atom. The van der Waals surface area contributed by atoms with Crippen LogP contribution < -0.4 is 14.4 Å². The highest BCUT2D eigenvalue weighted by Crippen LogP contribution is 2.41. The van der Waals surface area contributed by atoms with E-state index < -0.39 is 0 Å². The van der Waals surface area contributed by atoms with Crippen LogP contribution in [0.2, 0.25) is 0 Å². The molecule has 1 aromatic rings. The molecule has 1 aromatic carbocycles. The third-order valence-electron chi connectivity index (χ3n) is 6.92. The predicted molar refractivity (Wildman–Crippen MR) is 108 cm³/mol. The zero-order valence-electron chi connectivity index (χ0n) is 17.1. The van der Waals surface area contributed by atoms with Gasteiger partial charge in [0.25, 0.3) is 0 Å². The summed E-state index contributed by atoms with van der Waals surface area (Å²) in [6.07, 6.45) is 7.81. The Bertz CT molecular complexity index is 634. The fourth-order valence-electron chi connectivity index (χ4n) is 5.13. The Labute approximate surface area is 163 Å². The molecule has 1 aliphatic carbocycles. The number of anilines is 1. The maximum absolute atomic E-state index is 5.90. The number of hydrogen-bond acceptors (Lipinski definition) is 5. The van der Waals surface area contributed by atoms with Crippen molar-refractivity contribution >= 4 is 5.69 Å². The zero-order valence-corrected chi connectivity index (χ0v) is 17.1. The van der Waals surface area contributed by atoms with Gasteiger partial charge < -0.3 is 19.1 Å². The van der Waals surface area contributed by atoms with Crippen LogP contribution in [-0.4, -0.2) is 56.1 Å². The minimum atomic E-state index is 0.348. The first-order valence-corrected chi connectivity index (χ1v) is 10.6. The molecule has 0 bridgehead atoms. The van der Waals surface area contributed by atoms with Crippen molar-refractivity contribution in [2.75, 3.05) is 38.4 Å². The summed E-state index contributed by atoms with van der Waals surface area (Å²) in [6.45, 7) is 8.44. The summed E-state index contributed by atoms with van der Waals surface area (Å²) in [6, 6.07) is 6.68. The molecule has 0 N–H and O–H groups in total. The van der Waals surface area contributed by atoms with E-state index in [1.807, 2.05) is 12.1 Å². The highest BCUT2D eigenvalue weighted by atomic mass is 16.5. The van der Waals surface area contributed by atoms with E-state index in [1.165, 1.54) is 57.3 Å². The molecule has 27 heavy (non-hydrogen) atoms. The van der Waals surface area contributed by atoms with Crippen LogP contribution in [-0.2, 0) is 4.74 Å². The van der Waals surface area contributed by atoms with Crippen LogP contribution in [0, 0.1) is 0 Å². The molecule has 2 aliphatic heterocycles. The molecule has 150 valence electrons. The quantitative estimate of drug-likeness (QED) is 0.777. The van der Waals surface area contributed by atoms with Crippen LogP contribution in [0.5, 0.6) is 11.5 Å². The van der Waals surface area contributed by atoms with Gasteiger partial charge >= 0.3 is 0 Å². The van der Waals surface area contributed by atoms with Gasteiger partial charge in [-0.1, -0.05) is 0 Å². The Kier molecular flexibility index (Phi) is 5.51. The summed E-state index contributed by atoms with van der Waals surface area (Å²) in [4.78, 5) is 5.18. The molecule has 0 radical (unpaired) electrons. The van der Waals surface area contributed by atoms with Gasteiger partial charge in [0.05, 0.1) is 18.9 Å². The molecule has 5 nitrogen and oxygen atoms in total. The van der Waals surface area contributed by atoms with Crippen molar-refractivity contribution in [1.29, 1.82) is 0 Å². The van der Waals surface area contributed by atoms with E-state index >= 15 is 0 Å². The van der Waals surface area contributed by atoms with Crippen molar-refractivity contribution in [1.82, 2.24) is 4.90 Å². The summed E-state index contributed by atoms with van der Waals surface area (Å²) in [5.74, 6) is 1.89. The van der Waals surface area contributed by atoms with E-state index in [4.69, 9.17) is 14.2 Å². The fourth-order valence-corrected chi connectivity index (χ4v) is 5.13. The average Bonchev–Trinajstić information content (AvgIpc) is 3.13. The largest absolute Gasteiger partial charge is 0.497 e. The van der Waals surface area contributed by atoms with Gasteiger partial charge in [0.1, 0.15) is 11.5 Å². The Morgan fingerprint density at radius 1 is 1.15 bits per heavy atom. The van der Waals surface area contributed by atoms with Gasteiger partial charge in [0, 0.05) is 37.3 Å². The molecule has 3 aliphatic rings. The van der Waals surface area contributed by atoms with Gasteiger partial charge in [-0.2, -0.15) is 0 Å². The first kappa shape index (κ1) is 18.9. The van der Waals surface area contributed by atoms with E-state index in [0.717, 1.165) is 18.1 Å². The lowest BCUT2D eigenvalue weighted by molar-refractivity contribution is -0.0252. The second-order valence-electron chi connectivity index (χ2n) is 8.45. The lowest BCUT2D eigenvalue weighted by Gasteiger charge is -2.49. The minimum Gasteiger partial charge on any atom is -0.497 e. The number of fused-ring (bicyclic) bond motifs is 1. The molecular formula is C22H34N2O3. The molecule has 5 heteroatoms. The first-order valence-electron chi connectivity index (χ1n) is 10.6. The summed E-state index contributed by atoms with van der Waals surface area (Å²) in [7, 11) is 1.72. The second kappa shape index (κ2) is 7.88. The van der Waals surface area contributed by atoms with Gasteiger partial charge in [-0.3, -0.25) is 4.90 Å². The van der Waals surface area contributed by atoms with Crippen LogP contribution >= 0.6 is 0 Å². The molecule has 0 spiro atoms. The maximum Gasteiger partial charge on any atom is 0.161 e. The lowest BCUT2D eigenvalue weighted by atomic mass is 9.79. The van der Waals surface area contributed by atoms with E-state index in [1.54, 1.807) is 7.11 Å². The number of ether oxygens (including phenoxy) is 3. The highest BCUT2D eigenvalue weighted by molar-refractivity contribution is 5.64. The van der Waals surface area contributed by atoms with E-state index in [-0.39, 0.29) is 0 Å². The van der Waals surface area contributed by atoms with Crippen molar-refractivity contribution < 1.29 is 14.2 Å². The summed E-state index contributed by atoms with van der Waals surface area (Å²) in [5, 5.41) is 0. The van der Waals surface area contributed by atoms with Crippen molar-refractivity contribution in [2.45, 2.75) is 70.1 Å². The van der Waals surface area contributed by atoms with Gasteiger partial charge in [-0.05, 0) is 64.5 Å². The van der Waals surface area contributed by atoms with E-state index in [2.05, 4.69) is 29.7 Å². The zero-order chi connectivity index (χ0) is 18.9. The average molecular weight is 375 g/mol. The summed E-state index contributed by atoms with van der Waals surface area (Å²) >= 11 is 0. The number of likely N-dealkylation sites (tertiary alicyclic amines) is 1. The van der Waals surface area contributed by atoms with Crippen LogP contribution in [0.1, 0.15) is 52.4 Å². The highest BCUT2D eigenvalue weighted by Gasteiger charge is 2.39. The number of rotatable bonds is 5. The molecule has 4 rings (SSSR count). The molecule has 0 aromatic heterocycles. The Morgan fingerprint density at radius 3 is 2.56 bits per heavy atom. The number of hydrogen-bond donors (Lipinski definition) is 0. The van der Waals surface area contributed by atoms with Crippen LogP contribution in [0.15, 0.2) is 18.2 Å². The molecular weight excluding hydrogens is 340 g/mol. The molecule has 2 heterocycles. The third-order valence-corrected chi connectivity index (χ3v) is 6.92. The second-order valence-corrected chi connectivity index (χ2v) is 8.45. The van der Waals surface area contributed by atoms with Crippen LogP contribution in [0.25, 0.3) is 0 Å². The first-order chi connectivity index (χ1) is 13.1. The standard InChI is InChI=1S/C22H34N2O3/c1-4-26-18-7-11-22(2,12-8-18)23-13-9-17(10-14-23)24-16-27-21-6-5-19(25-3)15-20(21)24/h5-6,15,17-18H,4,7-14,16H2,1-3H3. The number of nitrogens with zero attached hydrogens (tertiary/aromatic N) is 2.